The highest BCUT2D eigenvalue weighted by Gasteiger charge is 2.24. The zero-order chi connectivity index (χ0) is 13.1. The van der Waals surface area contributed by atoms with Gasteiger partial charge in [0.1, 0.15) is 0 Å². The van der Waals surface area contributed by atoms with Gasteiger partial charge in [-0.15, -0.1) is 0 Å². The molecule has 98 valence electrons. The van der Waals surface area contributed by atoms with Gasteiger partial charge in [-0.25, -0.2) is 4.79 Å². The highest BCUT2D eigenvalue weighted by atomic mass is 16.5. The lowest BCUT2D eigenvalue weighted by molar-refractivity contribution is 0.0695. The van der Waals surface area contributed by atoms with Gasteiger partial charge in [-0.2, -0.15) is 0 Å². The largest absolute Gasteiger partial charge is 0.478 e. The Morgan fingerprint density at radius 2 is 2.28 bits per heavy atom. The minimum absolute atomic E-state index is 0.194. The van der Waals surface area contributed by atoms with Gasteiger partial charge in [0.2, 0.25) is 0 Å². The second-order valence-electron chi connectivity index (χ2n) is 4.72. The second-order valence-corrected chi connectivity index (χ2v) is 4.72. The Labute approximate surface area is 107 Å². The van der Waals surface area contributed by atoms with E-state index in [-0.39, 0.29) is 6.10 Å². The molecule has 0 aromatic heterocycles. The molecule has 1 aliphatic heterocycles. The molecular weight excluding hydrogens is 230 g/mol. The maximum absolute atomic E-state index is 11.3. The van der Waals surface area contributed by atoms with Crippen molar-refractivity contribution in [3.8, 4) is 0 Å². The summed E-state index contributed by atoms with van der Waals surface area (Å²) in [5, 5.41) is 9.29. The Morgan fingerprint density at radius 3 is 2.94 bits per heavy atom. The number of rotatable bonds is 3. The van der Waals surface area contributed by atoms with Crippen LogP contribution in [0.15, 0.2) is 18.2 Å². The Hall–Kier alpha value is -1.55. The average molecular weight is 249 g/mol. The van der Waals surface area contributed by atoms with Crippen LogP contribution < -0.4 is 4.90 Å². The fourth-order valence-electron chi connectivity index (χ4n) is 2.58. The van der Waals surface area contributed by atoms with Crippen molar-refractivity contribution in [2.75, 3.05) is 25.1 Å². The number of carboxylic acid groups (broad SMARTS) is 1. The first-order valence-corrected chi connectivity index (χ1v) is 6.24. The second kappa shape index (κ2) is 5.40. The number of carboxylic acids is 1. The Balaban J connectivity index is 2.34. The molecule has 0 spiro atoms. The van der Waals surface area contributed by atoms with Crippen LogP contribution in [0.5, 0.6) is 0 Å². The van der Waals surface area contributed by atoms with E-state index in [9.17, 15) is 9.90 Å². The predicted molar refractivity (Wildman–Crippen MR) is 70.4 cm³/mol. The normalized spacial score (nSPS) is 19.9. The van der Waals surface area contributed by atoms with Crippen LogP contribution in [0.1, 0.15) is 28.8 Å². The quantitative estimate of drug-likeness (QED) is 0.893. The number of para-hydroxylation sites is 1. The summed E-state index contributed by atoms with van der Waals surface area (Å²) in [6.45, 7) is 3.62. The number of benzene rings is 1. The molecular formula is C14H19NO3. The molecule has 0 bridgehead atoms. The molecule has 0 aliphatic carbocycles. The van der Waals surface area contributed by atoms with E-state index in [2.05, 4.69) is 4.90 Å². The molecule has 1 unspecified atom stereocenters. The fraction of sp³-hybridized carbons (Fsp3) is 0.500. The number of aromatic carboxylic acids is 1. The van der Waals surface area contributed by atoms with Gasteiger partial charge in [-0.05, 0) is 31.4 Å². The van der Waals surface area contributed by atoms with Crippen molar-refractivity contribution in [2.45, 2.75) is 25.9 Å². The molecule has 0 amide bonds. The minimum Gasteiger partial charge on any atom is -0.478 e. The van der Waals surface area contributed by atoms with Gasteiger partial charge in [-0.1, -0.05) is 12.1 Å². The van der Waals surface area contributed by atoms with E-state index in [4.69, 9.17) is 4.74 Å². The summed E-state index contributed by atoms with van der Waals surface area (Å²) >= 11 is 0. The third-order valence-electron chi connectivity index (χ3n) is 3.50. The van der Waals surface area contributed by atoms with Crippen molar-refractivity contribution in [2.24, 2.45) is 0 Å². The van der Waals surface area contributed by atoms with Crippen molar-refractivity contribution < 1.29 is 14.6 Å². The smallest absolute Gasteiger partial charge is 0.337 e. The molecule has 4 heteroatoms. The van der Waals surface area contributed by atoms with Crippen molar-refractivity contribution in [3.63, 3.8) is 0 Å². The third-order valence-corrected chi connectivity index (χ3v) is 3.50. The molecule has 0 radical (unpaired) electrons. The van der Waals surface area contributed by atoms with Crippen LogP contribution in [0.25, 0.3) is 0 Å². The lowest BCUT2D eigenvalue weighted by atomic mass is 10.0. The monoisotopic (exact) mass is 249 g/mol. The number of carbonyl (C=O) groups is 1. The van der Waals surface area contributed by atoms with E-state index in [0.717, 1.165) is 37.2 Å². The van der Waals surface area contributed by atoms with E-state index >= 15 is 0 Å². The summed E-state index contributed by atoms with van der Waals surface area (Å²) in [6, 6.07) is 5.42. The number of hydrogen-bond acceptors (Lipinski definition) is 3. The number of piperidine rings is 1. The fourth-order valence-corrected chi connectivity index (χ4v) is 2.58. The molecule has 1 aliphatic rings. The van der Waals surface area contributed by atoms with E-state index in [0.29, 0.717) is 5.56 Å². The van der Waals surface area contributed by atoms with Crippen LogP contribution >= 0.6 is 0 Å². The molecule has 1 aromatic rings. The molecule has 1 N–H and O–H groups in total. The van der Waals surface area contributed by atoms with Crippen LogP contribution in [0, 0.1) is 6.92 Å². The lowest BCUT2D eigenvalue weighted by Crippen LogP contribution is -2.40. The molecule has 4 nitrogen and oxygen atoms in total. The van der Waals surface area contributed by atoms with Crippen LogP contribution in [-0.4, -0.2) is 37.4 Å². The number of hydrogen-bond donors (Lipinski definition) is 1. The first-order valence-electron chi connectivity index (χ1n) is 6.24. The number of anilines is 1. The molecule has 1 fully saturated rings. The highest BCUT2D eigenvalue weighted by Crippen LogP contribution is 2.28. The van der Waals surface area contributed by atoms with Crippen LogP contribution in [0.3, 0.4) is 0 Å². The summed E-state index contributed by atoms with van der Waals surface area (Å²) in [5.41, 5.74) is 2.23. The average Bonchev–Trinajstić information content (AvgIpc) is 2.38. The van der Waals surface area contributed by atoms with Crippen molar-refractivity contribution >= 4 is 11.7 Å². The van der Waals surface area contributed by atoms with Crippen molar-refractivity contribution in [1.29, 1.82) is 0 Å². The Bertz CT molecular complexity index is 445. The topological polar surface area (TPSA) is 49.8 Å². The van der Waals surface area contributed by atoms with E-state index in [1.807, 2.05) is 13.0 Å². The minimum atomic E-state index is -0.867. The number of methoxy groups -OCH3 is 1. The van der Waals surface area contributed by atoms with E-state index < -0.39 is 5.97 Å². The van der Waals surface area contributed by atoms with Gasteiger partial charge >= 0.3 is 5.97 Å². The lowest BCUT2D eigenvalue weighted by Gasteiger charge is -2.35. The summed E-state index contributed by atoms with van der Waals surface area (Å²) in [5.74, 6) is -0.867. The predicted octanol–water partition coefficient (Wildman–Crippen LogP) is 2.31. The zero-order valence-corrected chi connectivity index (χ0v) is 10.8. The Kier molecular flexibility index (Phi) is 3.87. The molecule has 1 saturated heterocycles. The van der Waals surface area contributed by atoms with E-state index in [1.165, 1.54) is 0 Å². The molecule has 1 aromatic carbocycles. The maximum atomic E-state index is 11.3. The van der Waals surface area contributed by atoms with Gasteiger partial charge in [0, 0.05) is 20.2 Å². The third kappa shape index (κ3) is 2.48. The maximum Gasteiger partial charge on any atom is 0.337 e. The highest BCUT2D eigenvalue weighted by molar-refractivity contribution is 5.95. The summed E-state index contributed by atoms with van der Waals surface area (Å²) in [7, 11) is 1.71. The Morgan fingerprint density at radius 1 is 1.50 bits per heavy atom. The number of aryl methyl sites for hydroxylation is 1. The van der Waals surface area contributed by atoms with E-state index in [1.54, 1.807) is 19.2 Å². The first-order chi connectivity index (χ1) is 8.63. The van der Waals surface area contributed by atoms with Gasteiger partial charge < -0.3 is 14.7 Å². The summed E-state index contributed by atoms with van der Waals surface area (Å²) < 4.78 is 5.39. The SMILES string of the molecule is COC1CCCN(c2c(C)cccc2C(=O)O)C1. The standard InChI is InChI=1S/C14H19NO3/c1-10-5-3-7-12(14(16)17)13(10)15-8-4-6-11(9-15)18-2/h3,5,7,11H,4,6,8-9H2,1-2H3,(H,16,17). The van der Waals surface area contributed by atoms with Crippen molar-refractivity contribution in [1.82, 2.24) is 0 Å². The van der Waals surface area contributed by atoms with Gasteiger partial charge in [-0.3, -0.25) is 0 Å². The van der Waals surface area contributed by atoms with Crippen molar-refractivity contribution in [3.05, 3.63) is 29.3 Å². The first kappa shape index (κ1) is 12.9. The number of ether oxygens (including phenoxy) is 1. The molecule has 0 saturated carbocycles. The number of nitrogens with zero attached hydrogens (tertiary/aromatic N) is 1. The van der Waals surface area contributed by atoms with Crippen LogP contribution in [-0.2, 0) is 4.74 Å². The molecule has 1 heterocycles. The van der Waals surface area contributed by atoms with Crippen LogP contribution in [0.4, 0.5) is 5.69 Å². The van der Waals surface area contributed by atoms with Gasteiger partial charge in [0.15, 0.2) is 0 Å². The van der Waals surface area contributed by atoms with Gasteiger partial charge in [0.05, 0.1) is 17.4 Å². The van der Waals surface area contributed by atoms with Crippen LogP contribution in [0.2, 0.25) is 0 Å². The summed E-state index contributed by atoms with van der Waals surface area (Å²) in [6.07, 6.45) is 2.27. The molecule has 1 atom stereocenters. The zero-order valence-electron chi connectivity index (χ0n) is 10.8. The molecule has 18 heavy (non-hydrogen) atoms. The molecule has 2 rings (SSSR count). The summed E-state index contributed by atoms with van der Waals surface area (Å²) in [4.78, 5) is 13.4. The van der Waals surface area contributed by atoms with Gasteiger partial charge in [0.25, 0.3) is 0 Å².